The van der Waals surface area contributed by atoms with E-state index in [0.29, 0.717) is 5.92 Å². The van der Waals surface area contributed by atoms with E-state index in [1.54, 1.807) is 0 Å². The molecule has 1 aliphatic rings. The molecule has 8 aromatic carbocycles. The number of allylic oxidation sites excluding steroid dienone is 3. The van der Waals surface area contributed by atoms with Gasteiger partial charge in [-0.05, 0) is 120 Å². The summed E-state index contributed by atoms with van der Waals surface area (Å²) in [5, 5.41) is 0. The van der Waals surface area contributed by atoms with E-state index in [-0.39, 0.29) is 0 Å². The molecule has 0 radical (unpaired) electrons. The predicted octanol–water partition coefficient (Wildman–Crippen LogP) is 16.3. The van der Waals surface area contributed by atoms with Crippen LogP contribution < -0.4 is 0 Å². The van der Waals surface area contributed by atoms with Crippen molar-refractivity contribution >= 4 is 17.2 Å². The summed E-state index contributed by atoms with van der Waals surface area (Å²) in [4.78, 5) is 0. The second-order valence-corrected chi connectivity index (χ2v) is 16.1. The molecule has 0 saturated carbocycles. The van der Waals surface area contributed by atoms with Crippen LogP contribution in [0.15, 0.2) is 219 Å². The van der Waals surface area contributed by atoms with Gasteiger partial charge in [0.05, 0.1) is 5.41 Å². The molecule has 0 heterocycles. The lowest BCUT2D eigenvalue weighted by atomic mass is 9.65. The van der Waals surface area contributed by atoms with Crippen molar-refractivity contribution in [2.75, 3.05) is 0 Å². The molecule has 0 nitrogen and oxygen atoms in total. The van der Waals surface area contributed by atoms with E-state index >= 15 is 0 Å². The smallest absolute Gasteiger partial charge is 0.0722 e. The summed E-state index contributed by atoms with van der Waals surface area (Å²) in [5.41, 5.74) is 20.3. The minimum absolute atomic E-state index is 0.500. The van der Waals surface area contributed by atoms with Gasteiger partial charge in [-0.3, -0.25) is 0 Å². The molecule has 0 fully saturated rings. The Labute approximate surface area is 357 Å². The van der Waals surface area contributed by atoms with Crippen molar-refractivity contribution in [3.63, 3.8) is 0 Å². The van der Waals surface area contributed by atoms with Gasteiger partial charge in [0.25, 0.3) is 0 Å². The van der Waals surface area contributed by atoms with Gasteiger partial charge in [0.15, 0.2) is 0 Å². The standard InChI is InChI=1S/C51H40.C9H12/c1-5-38-18-10-13-26-47(38)51(46-25-12-9-17-35(46)2)48-27-14-11-23-45(48)50-44(24-16-28-49(50)51)37(4)33-36(3)42-21-15-22-43(34-42)41-31-29-40(30-32-41)39-19-7-6-8-20-39;1-8(2)9-6-4-3-5-7-9/h5-34H,1,3H2,2,4H3;3-8H,1-2H3/b37-33+;. The van der Waals surface area contributed by atoms with Gasteiger partial charge < -0.3 is 0 Å². The van der Waals surface area contributed by atoms with Crippen LogP contribution in [0.4, 0.5) is 0 Å². The Morgan fingerprint density at radius 3 is 1.72 bits per heavy atom. The first kappa shape index (κ1) is 39.8. The van der Waals surface area contributed by atoms with Crippen molar-refractivity contribution in [2.45, 2.75) is 39.0 Å². The molecule has 0 amide bonds. The molecule has 0 heteroatoms. The lowest BCUT2D eigenvalue weighted by Gasteiger charge is -2.36. The van der Waals surface area contributed by atoms with Crippen molar-refractivity contribution in [1.29, 1.82) is 0 Å². The van der Waals surface area contributed by atoms with Gasteiger partial charge in [-0.15, -0.1) is 0 Å². The van der Waals surface area contributed by atoms with Gasteiger partial charge in [-0.1, -0.05) is 233 Å². The molecule has 9 rings (SSSR count). The lowest BCUT2D eigenvalue weighted by Crippen LogP contribution is -2.30. The highest BCUT2D eigenvalue weighted by molar-refractivity contribution is 5.96. The molecular weight excluding hydrogens is 721 g/mol. The Hall–Kier alpha value is -7.02. The molecule has 0 aromatic heterocycles. The highest BCUT2D eigenvalue weighted by atomic mass is 14.5. The molecule has 1 aliphatic carbocycles. The SMILES string of the molecule is C=Cc1ccccc1C1(c2ccccc2C)c2ccccc2-c2c(/C(C)=C/C(=C)c3cccc(-c4ccc(-c5ccccc5)cc4)c3)cccc21.CC(C)c1ccccc1. The molecule has 8 aromatic rings. The molecule has 60 heavy (non-hydrogen) atoms. The second-order valence-electron chi connectivity index (χ2n) is 16.1. The zero-order valence-electron chi connectivity index (χ0n) is 35.2. The maximum Gasteiger partial charge on any atom is 0.0722 e. The van der Waals surface area contributed by atoms with E-state index in [1.807, 2.05) is 12.1 Å². The van der Waals surface area contributed by atoms with Crippen molar-refractivity contribution in [2.24, 2.45) is 0 Å². The molecule has 292 valence electrons. The van der Waals surface area contributed by atoms with E-state index in [9.17, 15) is 0 Å². The minimum atomic E-state index is -0.500. The van der Waals surface area contributed by atoms with Gasteiger partial charge in [0, 0.05) is 0 Å². The highest BCUT2D eigenvalue weighted by Crippen LogP contribution is 2.58. The van der Waals surface area contributed by atoms with Gasteiger partial charge in [0.1, 0.15) is 0 Å². The van der Waals surface area contributed by atoms with Crippen LogP contribution in [-0.2, 0) is 5.41 Å². The van der Waals surface area contributed by atoms with Crippen LogP contribution in [-0.4, -0.2) is 0 Å². The summed E-state index contributed by atoms with van der Waals surface area (Å²) < 4.78 is 0. The molecule has 0 N–H and O–H groups in total. The zero-order chi connectivity index (χ0) is 41.6. The summed E-state index contributed by atoms with van der Waals surface area (Å²) in [6.07, 6.45) is 4.25. The largest absolute Gasteiger partial charge is 0.0985 e. The summed E-state index contributed by atoms with van der Waals surface area (Å²) >= 11 is 0. The number of rotatable bonds is 9. The molecule has 0 bridgehead atoms. The van der Waals surface area contributed by atoms with E-state index in [2.05, 4.69) is 241 Å². The van der Waals surface area contributed by atoms with E-state index in [4.69, 9.17) is 0 Å². The third kappa shape index (κ3) is 7.54. The van der Waals surface area contributed by atoms with Crippen LogP contribution in [0.3, 0.4) is 0 Å². The van der Waals surface area contributed by atoms with Gasteiger partial charge in [-0.2, -0.15) is 0 Å². The van der Waals surface area contributed by atoms with E-state index in [1.165, 1.54) is 77.9 Å². The summed E-state index contributed by atoms with van der Waals surface area (Å²) in [6, 6.07) is 72.0. The molecule has 0 spiro atoms. The minimum Gasteiger partial charge on any atom is -0.0985 e. The molecular formula is C60H52. The van der Waals surface area contributed by atoms with Crippen LogP contribution in [0.1, 0.15) is 76.8 Å². The summed E-state index contributed by atoms with van der Waals surface area (Å²) in [6.45, 7) is 17.7. The Morgan fingerprint density at radius 1 is 0.517 bits per heavy atom. The van der Waals surface area contributed by atoms with Crippen molar-refractivity contribution < 1.29 is 0 Å². The topological polar surface area (TPSA) is 0 Å². The Bertz CT molecular complexity index is 2820. The monoisotopic (exact) mass is 772 g/mol. The van der Waals surface area contributed by atoms with E-state index in [0.717, 1.165) is 16.7 Å². The van der Waals surface area contributed by atoms with E-state index < -0.39 is 5.41 Å². The predicted molar refractivity (Wildman–Crippen MR) is 259 cm³/mol. The molecule has 1 unspecified atom stereocenters. The third-order valence-corrected chi connectivity index (χ3v) is 12.0. The fraction of sp³-hybridized carbons (Fsp3) is 0.100. The molecule has 0 aliphatic heterocycles. The van der Waals surface area contributed by atoms with Gasteiger partial charge in [-0.25, -0.2) is 0 Å². The third-order valence-electron chi connectivity index (χ3n) is 12.0. The zero-order valence-corrected chi connectivity index (χ0v) is 35.2. The first-order chi connectivity index (χ1) is 29.3. The van der Waals surface area contributed by atoms with Gasteiger partial charge >= 0.3 is 0 Å². The van der Waals surface area contributed by atoms with Crippen molar-refractivity contribution in [1.82, 2.24) is 0 Å². The van der Waals surface area contributed by atoms with Crippen molar-refractivity contribution in [3.8, 4) is 33.4 Å². The van der Waals surface area contributed by atoms with Crippen LogP contribution >= 0.6 is 0 Å². The van der Waals surface area contributed by atoms with Crippen LogP contribution in [0.5, 0.6) is 0 Å². The van der Waals surface area contributed by atoms with Crippen LogP contribution in [0.25, 0.3) is 50.6 Å². The normalized spacial score (nSPS) is 14.1. The van der Waals surface area contributed by atoms with Crippen LogP contribution in [0.2, 0.25) is 0 Å². The Kier molecular flexibility index (Phi) is 11.6. The van der Waals surface area contributed by atoms with Crippen molar-refractivity contribution in [3.05, 3.63) is 269 Å². The quantitative estimate of drug-likeness (QED) is 0.128. The number of benzene rings is 8. The first-order valence-electron chi connectivity index (χ1n) is 21.0. The molecule has 1 atom stereocenters. The molecule has 0 saturated heterocycles. The average Bonchev–Trinajstić information content (AvgIpc) is 3.61. The Morgan fingerprint density at radius 2 is 1.05 bits per heavy atom. The Balaban J connectivity index is 0.000000493. The fourth-order valence-electron chi connectivity index (χ4n) is 9.04. The maximum atomic E-state index is 4.59. The fourth-order valence-corrected chi connectivity index (χ4v) is 9.04. The number of hydrogen-bond donors (Lipinski definition) is 0. The first-order valence-corrected chi connectivity index (χ1v) is 21.0. The maximum absolute atomic E-state index is 4.59. The summed E-state index contributed by atoms with van der Waals surface area (Å²) in [7, 11) is 0. The van der Waals surface area contributed by atoms with Gasteiger partial charge in [0.2, 0.25) is 0 Å². The number of aryl methyl sites for hydroxylation is 1. The number of hydrogen-bond acceptors (Lipinski definition) is 0. The summed E-state index contributed by atoms with van der Waals surface area (Å²) in [5.74, 6) is 0.659. The lowest BCUT2D eigenvalue weighted by molar-refractivity contribution is 0.759. The average molecular weight is 773 g/mol. The highest BCUT2D eigenvalue weighted by Gasteiger charge is 2.48. The number of fused-ring (bicyclic) bond motifs is 3. The second kappa shape index (κ2) is 17.5. The van der Waals surface area contributed by atoms with Crippen LogP contribution in [0, 0.1) is 6.92 Å².